The maximum Gasteiger partial charge on any atom is 0.266 e. The SMILES string of the molecule is O=CC#Cc1cnc[nH]c1=O. The Kier molecular flexibility index (Phi) is 2.18. The Bertz CT molecular complexity index is 370. The number of H-pyrrole nitrogens is 1. The number of hydrogen-bond donors (Lipinski definition) is 1. The molecule has 0 aliphatic rings. The van der Waals surface area contributed by atoms with Gasteiger partial charge in [-0.15, -0.1) is 0 Å². The summed E-state index contributed by atoms with van der Waals surface area (Å²) >= 11 is 0. The molecule has 0 atom stereocenters. The summed E-state index contributed by atoms with van der Waals surface area (Å²) in [5.41, 5.74) is -0.144. The minimum atomic E-state index is -0.339. The van der Waals surface area contributed by atoms with Gasteiger partial charge in [-0.1, -0.05) is 5.92 Å². The molecule has 0 unspecified atom stereocenters. The van der Waals surface area contributed by atoms with Crippen LogP contribution in [0.25, 0.3) is 0 Å². The molecular formula is C7H4N2O2. The lowest BCUT2D eigenvalue weighted by molar-refractivity contribution is -0.103. The van der Waals surface area contributed by atoms with Crippen LogP contribution in [-0.2, 0) is 4.79 Å². The molecule has 0 fully saturated rings. The first-order valence-corrected chi connectivity index (χ1v) is 2.82. The molecule has 0 aromatic carbocycles. The Balaban J connectivity index is 3.14. The zero-order valence-electron chi connectivity index (χ0n) is 5.50. The van der Waals surface area contributed by atoms with Crippen LogP contribution >= 0.6 is 0 Å². The van der Waals surface area contributed by atoms with Crippen LogP contribution in [0.15, 0.2) is 17.3 Å². The van der Waals surface area contributed by atoms with E-state index in [-0.39, 0.29) is 11.1 Å². The minimum Gasteiger partial charge on any atom is -0.312 e. The normalized spacial score (nSPS) is 8.00. The summed E-state index contributed by atoms with van der Waals surface area (Å²) in [6.07, 6.45) is 2.98. The molecule has 4 heteroatoms. The van der Waals surface area contributed by atoms with Crippen LogP contribution in [0.1, 0.15) is 5.56 Å². The summed E-state index contributed by atoms with van der Waals surface area (Å²) in [7, 11) is 0. The standard InChI is InChI=1S/C7H4N2O2/c10-3-1-2-6-4-8-5-9-7(6)11/h3-5H,(H,8,9,11). The topological polar surface area (TPSA) is 62.8 Å². The van der Waals surface area contributed by atoms with Gasteiger partial charge in [-0.05, 0) is 5.92 Å². The van der Waals surface area contributed by atoms with Gasteiger partial charge in [0.2, 0.25) is 0 Å². The molecule has 0 bridgehead atoms. The van der Waals surface area contributed by atoms with Crippen LogP contribution < -0.4 is 5.56 Å². The molecule has 1 aromatic rings. The molecule has 0 aliphatic heterocycles. The highest BCUT2D eigenvalue weighted by molar-refractivity contribution is 5.73. The molecule has 0 saturated heterocycles. The molecule has 4 nitrogen and oxygen atoms in total. The molecule has 0 spiro atoms. The second kappa shape index (κ2) is 3.32. The second-order valence-electron chi connectivity index (χ2n) is 1.68. The molecule has 0 amide bonds. The number of nitrogens with one attached hydrogen (secondary N) is 1. The van der Waals surface area contributed by atoms with E-state index in [4.69, 9.17) is 0 Å². The Morgan fingerprint density at radius 1 is 1.64 bits per heavy atom. The smallest absolute Gasteiger partial charge is 0.266 e. The maximum atomic E-state index is 10.8. The zero-order chi connectivity index (χ0) is 8.10. The van der Waals surface area contributed by atoms with Crippen molar-refractivity contribution in [2.75, 3.05) is 0 Å². The van der Waals surface area contributed by atoms with E-state index >= 15 is 0 Å². The third-order valence-corrected chi connectivity index (χ3v) is 0.984. The van der Waals surface area contributed by atoms with Gasteiger partial charge in [0.05, 0.1) is 6.33 Å². The van der Waals surface area contributed by atoms with Gasteiger partial charge in [-0.3, -0.25) is 9.59 Å². The minimum absolute atomic E-state index is 0.194. The van der Waals surface area contributed by atoms with Gasteiger partial charge >= 0.3 is 0 Å². The first kappa shape index (κ1) is 7.22. The second-order valence-corrected chi connectivity index (χ2v) is 1.68. The number of aromatic amines is 1. The highest BCUT2D eigenvalue weighted by Gasteiger charge is 1.90. The predicted molar refractivity (Wildman–Crippen MR) is 37.8 cm³/mol. The molecule has 0 saturated carbocycles. The summed E-state index contributed by atoms with van der Waals surface area (Å²) in [6, 6.07) is 0. The molecular weight excluding hydrogens is 144 g/mol. The molecule has 1 aromatic heterocycles. The third kappa shape index (κ3) is 1.76. The van der Waals surface area contributed by atoms with Gasteiger partial charge in [0.15, 0.2) is 6.29 Å². The maximum absolute atomic E-state index is 10.8. The number of nitrogens with zero attached hydrogens (tertiary/aromatic N) is 1. The van der Waals surface area contributed by atoms with Gasteiger partial charge < -0.3 is 4.98 Å². The van der Waals surface area contributed by atoms with E-state index in [9.17, 15) is 9.59 Å². The molecule has 1 rings (SSSR count). The lowest BCUT2D eigenvalue weighted by Crippen LogP contribution is -2.09. The van der Waals surface area contributed by atoms with Crippen molar-refractivity contribution in [1.82, 2.24) is 9.97 Å². The molecule has 1 heterocycles. The van der Waals surface area contributed by atoms with Crippen molar-refractivity contribution in [3.63, 3.8) is 0 Å². The Hall–Kier alpha value is -1.89. The van der Waals surface area contributed by atoms with Crippen molar-refractivity contribution in [3.8, 4) is 11.8 Å². The fraction of sp³-hybridized carbons (Fsp3) is 0. The number of aromatic nitrogens is 2. The lowest BCUT2D eigenvalue weighted by atomic mass is 10.3. The van der Waals surface area contributed by atoms with Crippen molar-refractivity contribution in [2.24, 2.45) is 0 Å². The molecule has 0 radical (unpaired) electrons. The van der Waals surface area contributed by atoms with E-state index in [2.05, 4.69) is 21.8 Å². The fourth-order valence-electron chi connectivity index (χ4n) is 0.540. The van der Waals surface area contributed by atoms with Crippen LogP contribution in [0, 0.1) is 11.8 Å². The Morgan fingerprint density at radius 3 is 3.09 bits per heavy atom. The number of carbonyl (C=O) groups is 1. The monoisotopic (exact) mass is 148 g/mol. The van der Waals surface area contributed by atoms with E-state index in [1.165, 1.54) is 12.5 Å². The van der Waals surface area contributed by atoms with Gasteiger partial charge in [-0.25, -0.2) is 4.98 Å². The summed E-state index contributed by atoms with van der Waals surface area (Å²) < 4.78 is 0. The molecule has 11 heavy (non-hydrogen) atoms. The van der Waals surface area contributed by atoms with Gasteiger partial charge in [0.1, 0.15) is 5.56 Å². The molecule has 1 N–H and O–H groups in total. The summed E-state index contributed by atoms with van der Waals surface area (Å²) in [4.78, 5) is 26.5. The van der Waals surface area contributed by atoms with Crippen molar-refractivity contribution >= 4 is 6.29 Å². The van der Waals surface area contributed by atoms with E-state index in [0.717, 1.165) is 0 Å². The van der Waals surface area contributed by atoms with Crippen molar-refractivity contribution in [3.05, 3.63) is 28.4 Å². The van der Waals surface area contributed by atoms with Gasteiger partial charge in [-0.2, -0.15) is 0 Å². The van der Waals surface area contributed by atoms with Crippen LogP contribution in [0.2, 0.25) is 0 Å². The van der Waals surface area contributed by atoms with Crippen molar-refractivity contribution < 1.29 is 4.79 Å². The van der Waals surface area contributed by atoms with Gasteiger partial charge in [0, 0.05) is 6.20 Å². The largest absolute Gasteiger partial charge is 0.312 e. The first-order valence-electron chi connectivity index (χ1n) is 2.82. The summed E-state index contributed by atoms with van der Waals surface area (Å²) in [5, 5.41) is 0. The lowest BCUT2D eigenvalue weighted by Gasteiger charge is -1.83. The van der Waals surface area contributed by atoms with E-state index < -0.39 is 0 Å². The Labute approximate surface area is 62.3 Å². The molecule has 54 valence electrons. The zero-order valence-corrected chi connectivity index (χ0v) is 5.50. The average molecular weight is 148 g/mol. The van der Waals surface area contributed by atoms with Crippen LogP contribution in [-0.4, -0.2) is 16.3 Å². The predicted octanol–water partition coefficient (Wildman–Crippen LogP) is -0.680. The average Bonchev–Trinajstić information content (AvgIpc) is 2.03. The van der Waals surface area contributed by atoms with Gasteiger partial charge in [0.25, 0.3) is 5.56 Å². The third-order valence-electron chi connectivity index (χ3n) is 0.984. The van der Waals surface area contributed by atoms with E-state index in [1.54, 1.807) is 0 Å². The van der Waals surface area contributed by atoms with Crippen molar-refractivity contribution in [2.45, 2.75) is 0 Å². The van der Waals surface area contributed by atoms with Crippen LogP contribution in [0.3, 0.4) is 0 Å². The molecule has 0 aliphatic carbocycles. The number of rotatable bonds is 0. The van der Waals surface area contributed by atoms with Crippen LogP contribution in [0.4, 0.5) is 0 Å². The number of carbonyl (C=O) groups excluding carboxylic acids is 1. The van der Waals surface area contributed by atoms with Crippen molar-refractivity contribution in [1.29, 1.82) is 0 Å². The Morgan fingerprint density at radius 2 is 2.45 bits per heavy atom. The highest BCUT2D eigenvalue weighted by atomic mass is 16.1. The quantitative estimate of drug-likeness (QED) is 0.391. The fourth-order valence-corrected chi connectivity index (χ4v) is 0.540. The highest BCUT2D eigenvalue weighted by Crippen LogP contribution is 1.78. The summed E-state index contributed by atoms with van der Waals surface area (Å²) in [6.45, 7) is 0. The first-order chi connectivity index (χ1) is 5.34. The van der Waals surface area contributed by atoms with E-state index in [0.29, 0.717) is 6.29 Å². The number of hydrogen-bond acceptors (Lipinski definition) is 3. The summed E-state index contributed by atoms with van der Waals surface area (Å²) in [5.74, 6) is 4.45. The van der Waals surface area contributed by atoms with E-state index in [1.807, 2.05) is 0 Å². The number of aldehydes is 1. The van der Waals surface area contributed by atoms with Crippen LogP contribution in [0.5, 0.6) is 0 Å².